The first-order chi connectivity index (χ1) is 21.5. The number of hydrogen-bond donors (Lipinski definition) is 3. The number of aromatic nitrogens is 3. The van der Waals surface area contributed by atoms with Gasteiger partial charge in [-0.3, -0.25) is 14.9 Å². The van der Waals surface area contributed by atoms with Crippen LogP contribution >= 0.6 is 0 Å². The van der Waals surface area contributed by atoms with Crippen molar-refractivity contribution in [1.82, 2.24) is 25.2 Å². The van der Waals surface area contributed by atoms with E-state index < -0.39 is 70.8 Å². The van der Waals surface area contributed by atoms with Gasteiger partial charge >= 0.3 is 12.3 Å². The molecule has 0 bridgehead atoms. The number of nitrogens with zero attached hydrogens (tertiary/aromatic N) is 3. The van der Waals surface area contributed by atoms with Gasteiger partial charge in [-0.2, -0.15) is 18.3 Å². The molecule has 46 heavy (non-hydrogen) atoms. The van der Waals surface area contributed by atoms with E-state index >= 15 is 0 Å². The molecule has 0 spiro atoms. The fraction of sp³-hybridized carbons (Fsp3) is 0.323. The third kappa shape index (κ3) is 6.77. The normalized spacial score (nSPS) is 14.6. The minimum absolute atomic E-state index is 0.0451. The molecule has 10 nitrogen and oxygen atoms in total. The Balaban J connectivity index is 1.35. The van der Waals surface area contributed by atoms with Crippen LogP contribution < -0.4 is 16.0 Å². The van der Waals surface area contributed by atoms with Crippen LogP contribution in [0, 0.1) is 18.6 Å². The average molecular weight is 645 g/mol. The Hall–Kier alpha value is -5.08. The number of ether oxygens (including phenoxy) is 1. The lowest BCUT2D eigenvalue weighted by atomic mass is 10.0. The average Bonchev–Trinajstić information content (AvgIpc) is 3.55. The van der Waals surface area contributed by atoms with Crippen LogP contribution in [-0.2, 0) is 23.9 Å². The maximum Gasteiger partial charge on any atom is 0.419 e. The summed E-state index contributed by atoms with van der Waals surface area (Å²) in [5.74, 6) is -3.98. The van der Waals surface area contributed by atoms with Crippen molar-refractivity contribution in [1.29, 1.82) is 0 Å². The van der Waals surface area contributed by atoms with Crippen LogP contribution in [0.25, 0.3) is 5.65 Å². The van der Waals surface area contributed by atoms with Crippen molar-refractivity contribution in [2.75, 3.05) is 5.32 Å². The summed E-state index contributed by atoms with van der Waals surface area (Å²) in [4.78, 5) is 42.7. The van der Waals surface area contributed by atoms with Gasteiger partial charge in [0.15, 0.2) is 11.5 Å². The lowest BCUT2D eigenvalue weighted by Crippen LogP contribution is -2.31. The highest BCUT2D eigenvalue weighted by Gasteiger charge is 2.34. The molecule has 2 aromatic heterocycles. The highest BCUT2D eigenvalue weighted by atomic mass is 19.4. The molecule has 242 valence electrons. The van der Waals surface area contributed by atoms with Crippen LogP contribution in [0.2, 0.25) is 0 Å². The van der Waals surface area contributed by atoms with E-state index in [1.54, 1.807) is 32.9 Å². The predicted molar refractivity (Wildman–Crippen MR) is 155 cm³/mol. The Morgan fingerprint density at radius 3 is 2.46 bits per heavy atom. The molecule has 3 amide bonds. The molecule has 4 aromatic rings. The standard InChI is InChI=1S/C31H29F5N6O4/c1-15-17-6-10-23(18(17)7-9-22(15)41-29(45)46-30(2,3)4)40-28(44)25-12-24(39-26-21(33)14-38-42(25)26)27(43)37-13-16-5-8-20(32)19(11-16)31(34,35)36/h5,7-9,11-12,14,23H,6,10,13H2,1-4H3,(H,37,43)(H,40,44)(H,41,45)/t23-/m0/s1. The molecule has 0 aliphatic heterocycles. The molecule has 5 rings (SSSR count). The maximum absolute atomic E-state index is 14.6. The SMILES string of the molecule is Cc1c(NC(=O)OC(C)(C)C)ccc2c1CC[C@@H]2NC(=O)c1cc(C(=O)NCc2ccc(F)c(C(F)(F)F)c2)nc2c(F)cnn12. The second kappa shape index (κ2) is 12.0. The molecule has 1 aliphatic rings. The molecule has 0 saturated carbocycles. The number of alkyl halides is 3. The van der Waals surface area contributed by atoms with E-state index in [2.05, 4.69) is 26.0 Å². The molecule has 0 radical (unpaired) electrons. The Labute approximate surface area is 259 Å². The molecule has 1 atom stereocenters. The molecule has 2 heterocycles. The van der Waals surface area contributed by atoms with Crippen molar-refractivity contribution in [3.8, 4) is 0 Å². The number of halogens is 5. The Morgan fingerprint density at radius 2 is 1.76 bits per heavy atom. The largest absolute Gasteiger partial charge is 0.444 e. The van der Waals surface area contributed by atoms with Gasteiger partial charge in [0.25, 0.3) is 11.8 Å². The van der Waals surface area contributed by atoms with E-state index in [4.69, 9.17) is 4.74 Å². The van der Waals surface area contributed by atoms with E-state index in [9.17, 15) is 36.3 Å². The number of carbonyl (C=O) groups is 3. The molecular weight excluding hydrogens is 615 g/mol. The van der Waals surface area contributed by atoms with Crippen LogP contribution in [0.3, 0.4) is 0 Å². The van der Waals surface area contributed by atoms with Crippen LogP contribution in [-0.4, -0.2) is 38.1 Å². The number of amides is 3. The molecule has 1 aliphatic carbocycles. The number of hydrogen-bond acceptors (Lipinski definition) is 6. The minimum Gasteiger partial charge on any atom is -0.444 e. The molecule has 15 heteroatoms. The Bertz CT molecular complexity index is 1860. The van der Waals surface area contributed by atoms with Gasteiger partial charge in [-0.1, -0.05) is 12.1 Å². The second-order valence-electron chi connectivity index (χ2n) is 11.7. The first-order valence-electron chi connectivity index (χ1n) is 14.1. The Kier molecular flexibility index (Phi) is 8.45. The van der Waals surface area contributed by atoms with Gasteiger partial charge in [0.2, 0.25) is 0 Å². The van der Waals surface area contributed by atoms with Gasteiger partial charge in [-0.05, 0) is 81.0 Å². The molecule has 0 saturated heterocycles. The predicted octanol–water partition coefficient (Wildman–Crippen LogP) is 6.03. The lowest BCUT2D eigenvalue weighted by Gasteiger charge is -2.21. The molecule has 0 unspecified atom stereocenters. The summed E-state index contributed by atoms with van der Waals surface area (Å²) in [6, 6.07) is 6.40. The van der Waals surface area contributed by atoms with Gasteiger partial charge in [0, 0.05) is 18.3 Å². The van der Waals surface area contributed by atoms with Crippen molar-refractivity contribution in [2.45, 2.75) is 64.9 Å². The fourth-order valence-electron chi connectivity index (χ4n) is 5.20. The van der Waals surface area contributed by atoms with Crippen LogP contribution in [0.1, 0.15) is 82.0 Å². The summed E-state index contributed by atoms with van der Waals surface area (Å²) < 4.78 is 73.7. The van der Waals surface area contributed by atoms with E-state index in [1.165, 1.54) is 0 Å². The number of nitrogens with one attached hydrogen (secondary N) is 3. The third-order valence-electron chi connectivity index (χ3n) is 7.32. The second-order valence-corrected chi connectivity index (χ2v) is 11.7. The summed E-state index contributed by atoms with van der Waals surface area (Å²) >= 11 is 0. The highest BCUT2D eigenvalue weighted by Crippen LogP contribution is 2.37. The molecular formula is C31H29F5N6O4. The van der Waals surface area contributed by atoms with Gasteiger partial charge < -0.3 is 15.4 Å². The highest BCUT2D eigenvalue weighted by molar-refractivity contribution is 5.98. The topological polar surface area (TPSA) is 127 Å². The zero-order valence-electron chi connectivity index (χ0n) is 25.1. The zero-order valence-corrected chi connectivity index (χ0v) is 25.1. The number of fused-ring (bicyclic) bond motifs is 2. The van der Waals surface area contributed by atoms with E-state index in [0.29, 0.717) is 30.7 Å². The van der Waals surface area contributed by atoms with Gasteiger partial charge in [-0.15, -0.1) is 0 Å². The molecule has 2 aromatic carbocycles. The first-order valence-corrected chi connectivity index (χ1v) is 14.1. The molecule has 3 N–H and O–H groups in total. The smallest absolute Gasteiger partial charge is 0.419 e. The van der Waals surface area contributed by atoms with Gasteiger partial charge in [0.1, 0.15) is 22.8 Å². The van der Waals surface area contributed by atoms with Crippen molar-refractivity contribution in [3.63, 3.8) is 0 Å². The van der Waals surface area contributed by atoms with Crippen LogP contribution in [0.5, 0.6) is 0 Å². The quantitative estimate of drug-likeness (QED) is 0.220. The van der Waals surface area contributed by atoms with Crippen LogP contribution in [0.15, 0.2) is 42.6 Å². The van der Waals surface area contributed by atoms with Gasteiger partial charge in [-0.25, -0.2) is 23.1 Å². The van der Waals surface area contributed by atoms with Gasteiger partial charge in [0.05, 0.1) is 17.8 Å². The number of carbonyl (C=O) groups excluding carboxylic acids is 3. The Morgan fingerprint density at radius 1 is 1.02 bits per heavy atom. The third-order valence-corrected chi connectivity index (χ3v) is 7.32. The number of anilines is 1. The first kappa shape index (κ1) is 32.3. The summed E-state index contributed by atoms with van der Waals surface area (Å²) in [5, 5.41) is 11.9. The number of benzene rings is 2. The van der Waals surface area contributed by atoms with Crippen molar-refractivity contribution < 1.29 is 41.1 Å². The number of rotatable bonds is 6. The summed E-state index contributed by atoms with van der Waals surface area (Å²) in [6.07, 6.45) is -3.60. The van der Waals surface area contributed by atoms with Crippen LogP contribution in [0.4, 0.5) is 32.4 Å². The summed E-state index contributed by atoms with van der Waals surface area (Å²) in [5.41, 5.74) is -0.120. The summed E-state index contributed by atoms with van der Waals surface area (Å²) in [7, 11) is 0. The maximum atomic E-state index is 14.6. The van der Waals surface area contributed by atoms with Crippen molar-refractivity contribution in [3.05, 3.63) is 93.4 Å². The monoisotopic (exact) mass is 644 g/mol. The van der Waals surface area contributed by atoms with E-state index in [0.717, 1.165) is 39.5 Å². The zero-order chi connectivity index (χ0) is 33.6. The molecule has 0 fully saturated rings. The van der Waals surface area contributed by atoms with E-state index in [1.807, 2.05) is 6.92 Å². The van der Waals surface area contributed by atoms with E-state index in [-0.39, 0.29) is 11.3 Å². The minimum atomic E-state index is -4.93. The fourth-order valence-corrected chi connectivity index (χ4v) is 5.20. The summed E-state index contributed by atoms with van der Waals surface area (Å²) in [6.45, 7) is 6.67. The van der Waals surface area contributed by atoms with Crippen molar-refractivity contribution >= 4 is 29.2 Å². The lowest BCUT2D eigenvalue weighted by molar-refractivity contribution is -0.140. The van der Waals surface area contributed by atoms with Crippen molar-refractivity contribution in [2.24, 2.45) is 0 Å².